The van der Waals surface area contributed by atoms with E-state index in [0.717, 1.165) is 30.6 Å². The average molecular weight is 313 g/mol. The number of nitrogens with zero attached hydrogens (tertiary/aromatic N) is 2. The predicted molar refractivity (Wildman–Crippen MR) is 92.3 cm³/mol. The summed E-state index contributed by atoms with van der Waals surface area (Å²) in [7, 11) is 1.95. The van der Waals surface area contributed by atoms with Crippen LogP contribution in [0.2, 0.25) is 0 Å². The first-order chi connectivity index (χ1) is 11.3. The minimum atomic E-state index is 0.592. The molecule has 4 heteroatoms. The van der Waals surface area contributed by atoms with Gasteiger partial charge in [-0.15, -0.1) is 0 Å². The van der Waals surface area contributed by atoms with Crippen molar-refractivity contribution in [2.45, 2.75) is 51.8 Å². The Balaban J connectivity index is 1.63. The SMILES string of the molecule is CNCc1cc(OCc2ccccc2)n(CCC2CCCC2)n1. The van der Waals surface area contributed by atoms with Crippen molar-refractivity contribution in [3.05, 3.63) is 47.7 Å². The van der Waals surface area contributed by atoms with E-state index in [4.69, 9.17) is 9.84 Å². The molecule has 23 heavy (non-hydrogen) atoms. The molecule has 1 aliphatic rings. The molecular weight excluding hydrogens is 286 g/mol. The third-order valence-electron chi connectivity index (χ3n) is 4.60. The predicted octanol–water partition coefficient (Wildman–Crippen LogP) is 3.76. The van der Waals surface area contributed by atoms with Crippen molar-refractivity contribution in [3.63, 3.8) is 0 Å². The molecule has 1 saturated carbocycles. The normalized spacial score (nSPS) is 15.2. The molecule has 0 saturated heterocycles. The van der Waals surface area contributed by atoms with Gasteiger partial charge < -0.3 is 10.1 Å². The lowest BCUT2D eigenvalue weighted by Crippen LogP contribution is -2.10. The van der Waals surface area contributed by atoms with Crippen LogP contribution in [-0.2, 0) is 19.7 Å². The highest BCUT2D eigenvalue weighted by Gasteiger charge is 2.16. The highest BCUT2D eigenvalue weighted by molar-refractivity contribution is 5.18. The molecule has 0 atom stereocenters. The van der Waals surface area contributed by atoms with E-state index in [9.17, 15) is 0 Å². The maximum Gasteiger partial charge on any atom is 0.212 e. The first-order valence-electron chi connectivity index (χ1n) is 8.73. The highest BCUT2D eigenvalue weighted by Crippen LogP contribution is 2.28. The largest absolute Gasteiger partial charge is 0.473 e. The number of rotatable bonds is 8. The Morgan fingerprint density at radius 3 is 2.74 bits per heavy atom. The molecule has 1 aromatic heterocycles. The lowest BCUT2D eigenvalue weighted by Gasteiger charge is -2.12. The van der Waals surface area contributed by atoms with Gasteiger partial charge in [0.15, 0.2) is 0 Å². The lowest BCUT2D eigenvalue weighted by atomic mass is 10.0. The van der Waals surface area contributed by atoms with Crippen molar-refractivity contribution in [1.29, 1.82) is 0 Å². The molecule has 4 nitrogen and oxygen atoms in total. The summed E-state index contributed by atoms with van der Waals surface area (Å²) in [6.07, 6.45) is 6.76. The van der Waals surface area contributed by atoms with E-state index in [-0.39, 0.29) is 0 Å². The van der Waals surface area contributed by atoms with E-state index in [1.807, 2.05) is 29.9 Å². The minimum Gasteiger partial charge on any atom is -0.473 e. The van der Waals surface area contributed by atoms with Crippen LogP contribution in [0.4, 0.5) is 0 Å². The van der Waals surface area contributed by atoms with Gasteiger partial charge in [0.25, 0.3) is 0 Å². The van der Waals surface area contributed by atoms with Gasteiger partial charge in [0.05, 0.1) is 5.69 Å². The Kier molecular flexibility index (Phi) is 5.70. The summed E-state index contributed by atoms with van der Waals surface area (Å²) < 4.78 is 8.09. The van der Waals surface area contributed by atoms with Crippen LogP contribution in [0, 0.1) is 5.92 Å². The lowest BCUT2D eigenvalue weighted by molar-refractivity contribution is 0.267. The summed E-state index contributed by atoms with van der Waals surface area (Å²) in [6, 6.07) is 12.4. The summed E-state index contributed by atoms with van der Waals surface area (Å²) in [6.45, 7) is 2.32. The van der Waals surface area contributed by atoms with E-state index in [2.05, 4.69) is 23.5 Å². The van der Waals surface area contributed by atoms with Crippen LogP contribution >= 0.6 is 0 Å². The topological polar surface area (TPSA) is 39.1 Å². The zero-order valence-corrected chi connectivity index (χ0v) is 14.0. The van der Waals surface area contributed by atoms with Crippen LogP contribution in [-0.4, -0.2) is 16.8 Å². The van der Waals surface area contributed by atoms with Gasteiger partial charge in [-0.3, -0.25) is 0 Å². The van der Waals surface area contributed by atoms with Gasteiger partial charge in [0.1, 0.15) is 6.61 Å². The minimum absolute atomic E-state index is 0.592. The van der Waals surface area contributed by atoms with Crippen LogP contribution in [0.5, 0.6) is 5.88 Å². The molecular formula is C19H27N3O. The van der Waals surface area contributed by atoms with E-state index in [0.29, 0.717) is 6.61 Å². The number of hydrogen-bond donors (Lipinski definition) is 1. The quantitative estimate of drug-likeness (QED) is 0.806. The Hall–Kier alpha value is -1.81. The molecule has 1 aliphatic carbocycles. The van der Waals surface area contributed by atoms with Gasteiger partial charge in [-0.05, 0) is 24.9 Å². The zero-order chi connectivity index (χ0) is 15.9. The molecule has 1 aromatic carbocycles. The van der Waals surface area contributed by atoms with E-state index < -0.39 is 0 Å². The third kappa shape index (κ3) is 4.58. The van der Waals surface area contributed by atoms with Crippen molar-refractivity contribution < 1.29 is 4.74 Å². The zero-order valence-electron chi connectivity index (χ0n) is 14.0. The van der Waals surface area contributed by atoms with Gasteiger partial charge in [0, 0.05) is 19.2 Å². The first kappa shape index (κ1) is 16.1. The Morgan fingerprint density at radius 2 is 2.00 bits per heavy atom. The van der Waals surface area contributed by atoms with Crippen molar-refractivity contribution in [3.8, 4) is 5.88 Å². The van der Waals surface area contributed by atoms with Crippen LogP contribution in [0.3, 0.4) is 0 Å². The Bertz CT molecular complexity index is 588. The number of aromatic nitrogens is 2. The van der Waals surface area contributed by atoms with Crippen molar-refractivity contribution in [2.24, 2.45) is 5.92 Å². The maximum absolute atomic E-state index is 6.04. The summed E-state index contributed by atoms with van der Waals surface area (Å²) in [5.74, 6) is 1.76. The van der Waals surface area contributed by atoms with E-state index in [1.165, 1.54) is 37.7 Å². The van der Waals surface area contributed by atoms with Gasteiger partial charge in [-0.25, -0.2) is 4.68 Å². The summed E-state index contributed by atoms with van der Waals surface area (Å²) in [4.78, 5) is 0. The molecule has 0 aliphatic heterocycles. The maximum atomic E-state index is 6.04. The first-order valence-corrected chi connectivity index (χ1v) is 8.73. The van der Waals surface area contributed by atoms with E-state index >= 15 is 0 Å². The van der Waals surface area contributed by atoms with Crippen LogP contribution < -0.4 is 10.1 Å². The van der Waals surface area contributed by atoms with E-state index in [1.54, 1.807) is 0 Å². The molecule has 0 radical (unpaired) electrons. The average Bonchev–Trinajstić information content (AvgIpc) is 3.22. The molecule has 0 unspecified atom stereocenters. The van der Waals surface area contributed by atoms with Crippen LogP contribution in [0.1, 0.15) is 43.4 Å². The third-order valence-corrected chi connectivity index (χ3v) is 4.60. The molecule has 1 fully saturated rings. The number of nitrogens with one attached hydrogen (secondary N) is 1. The second kappa shape index (κ2) is 8.16. The number of aryl methyl sites for hydroxylation is 1. The van der Waals surface area contributed by atoms with Crippen LogP contribution in [0.15, 0.2) is 36.4 Å². The van der Waals surface area contributed by atoms with Crippen molar-refractivity contribution in [1.82, 2.24) is 15.1 Å². The molecule has 124 valence electrons. The second-order valence-corrected chi connectivity index (χ2v) is 6.44. The monoisotopic (exact) mass is 313 g/mol. The Labute approximate surface area is 138 Å². The van der Waals surface area contributed by atoms with Crippen molar-refractivity contribution in [2.75, 3.05) is 7.05 Å². The number of benzene rings is 1. The molecule has 2 aromatic rings. The fourth-order valence-corrected chi connectivity index (χ4v) is 3.33. The fraction of sp³-hybridized carbons (Fsp3) is 0.526. The number of ether oxygens (including phenoxy) is 1. The van der Waals surface area contributed by atoms with Gasteiger partial charge >= 0.3 is 0 Å². The van der Waals surface area contributed by atoms with Crippen molar-refractivity contribution >= 4 is 0 Å². The van der Waals surface area contributed by atoms with Gasteiger partial charge in [-0.1, -0.05) is 56.0 Å². The Morgan fingerprint density at radius 1 is 1.22 bits per heavy atom. The second-order valence-electron chi connectivity index (χ2n) is 6.44. The summed E-state index contributed by atoms with van der Waals surface area (Å²) >= 11 is 0. The standard InChI is InChI=1S/C19H27N3O/c1-20-14-18-13-19(23-15-17-9-3-2-4-10-17)22(21-18)12-11-16-7-5-6-8-16/h2-4,9-10,13,16,20H,5-8,11-12,14-15H2,1H3. The molecule has 0 bridgehead atoms. The molecule has 0 spiro atoms. The molecule has 3 rings (SSSR count). The number of hydrogen-bond acceptors (Lipinski definition) is 3. The smallest absolute Gasteiger partial charge is 0.212 e. The van der Waals surface area contributed by atoms with Gasteiger partial charge in [0.2, 0.25) is 5.88 Å². The summed E-state index contributed by atoms with van der Waals surface area (Å²) in [5.41, 5.74) is 2.23. The molecule has 1 heterocycles. The molecule has 0 amide bonds. The fourth-order valence-electron chi connectivity index (χ4n) is 3.33. The highest BCUT2D eigenvalue weighted by atomic mass is 16.5. The van der Waals surface area contributed by atoms with Crippen LogP contribution in [0.25, 0.3) is 0 Å². The molecule has 1 N–H and O–H groups in total. The summed E-state index contributed by atoms with van der Waals surface area (Å²) in [5, 5.41) is 7.87. The van der Waals surface area contributed by atoms with Gasteiger partial charge in [-0.2, -0.15) is 5.10 Å².